The summed E-state index contributed by atoms with van der Waals surface area (Å²) in [6.45, 7) is 0. The molecule has 7 nitrogen and oxygen atoms in total. The summed E-state index contributed by atoms with van der Waals surface area (Å²) in [6.07, 6.45) is 1.62. The Hall–Kier alpha value is -3.07. The number of phenolic OH excluding ortho intramolecular Hbond substituents is 1. The van der Waals surface area contributed by atoms with Gasteiger partial charge in [0.25, 0.3) is 0 Å². The van der Waals surface area contributed by atoms with E-state index in [1.165, 1.54) is 46.2 Å². The van der Waals surface area contributed by atoms with E-state index in [9.17, 15) is 14.7 Å². The summed E-state index contributed by atoms with van der Waals surface area (Å²) < 4.78 is 5.29. The number of Topliss-reactive ketones (excluding diaryl/α,β-unsaturated/α-hetero) is 1. The second-order valence-corrected chi connectivity index (χ2v) is 15.6. The molecule has 0 saturated carbocycles. The van der Waals surface area contributed by atoms with Crippen molar-refractivity contribution < 1.29 is 14.7 Å². The fourth-order valence-electron chi connectivity index (χ4n) is 4.02. The fourth-order valence-corrected chi connectivity index (χ4v) is 8.57. The summed E-state index contributed by atoms with van der Waals surface area (Å²) >= 11 is 12.6. The minimum atomic E-state index is -0.132. The van der Waals surface area contributed by atoms with Crippen LogP contribution in [0, 0.1) is 0 Å². The van der Waals surface area contributed by atoms with Crippen LogP contribution in [0.1, 0.15) is 15.9 Å². The van der Waals surface area contributed by atoms with Crippen molar-refractivity contribution in [1.29, 1.82) is 0 Å². The number of aromatic nitrogens is 2. The first kappa shape index (κ1) is 30.9. The van der Waals surface area contributed by atoms with Gasteiger partial charge in [-0.3, -0.25) is 14.6 Å². The zero-order valence-electron chi connectivity index (χ0n) is 22.5. The average Bonchev–Trinajstić information content (AvgIpc) is 3.62. The molecule has 0 aliphatic carbocycles. The quantitative estimate of drug-likeness (QED) is 0.0810. The van der Waals surface area contributed by atoms with E-state index in [0.717, 1.165) is 43.7 Å². The summed E-state index contributed by atoms with van der Waals surface area (Å²) in [6, 6.07) is 23.8. The number of nitrogens with zero attached hydrogens (tertiary/aromatic N) is 3. The molecule has 0 saturated heterocycles. The number of hydrogen-bond acceptors (Lipinski definition) is 10. The molecule has 2 heterocycles. The van der Waals surface area contributed by atoms with Crippen molar-refractivity contribution in [2.45, 2.75) is 8.68 Å². The fraction of sp³-hybridized carbons (Fsp3) is 0.0645. The smallest absolute Gasteiger partial charge is 0.234 e. The van der Waals surface area contributed by atoms with Crippen LogP contribution in [0.5, 0.6) is 5.75 Å². The Labute approximate surface area is 285 Å². The predicted octanol–water partition coefficient (Wildman–Crippen LogP) is 9.59. The van der Waals surface area contributed by atoms with E-state index in [2.05, 4.69) is 52.1 Å². The predicted molar refractivity (Wildman–Crippen MR) is 191 cm³/mol. The number of halogens is 2. The van der Waals surface area contributed by atoms with Crippen LogP contribution in [-0.2, 0) is 4.79 Å². The Kier molecular flexibility index (Phi) is 9.79. The van der Waals surface area contributed by atoms with Gasteiger partial charge in [0.1, 0.15) is 5.75 Å². The number of nitrogens with one attached hydrogen (secondary N) is 1. The normalized spacial score (nSPS) is 11.5. The number of aromatic hydroxyl groups is 1. The molecule has 220 valence electrons. The second-order valence-electron chi connectivity index (χ2n) is 9.31. The molecular formula is C31H20Br2N4O3S4. The van der Waals surface area contributed by atoms with Crippen molar-refractivity contribution in [2.75, 3.05) is 16.8 Å². The standard InChI is InChI=1S/C31H20Br2N4O3S4/c32-19-3-1-17(2-4-19)26(39)15-41-30-36-24-9-7-22(13-28(24)44-30)35-29(40)16-42-31-37-23-8-6-21(12-27(23)43-31)34-14-18-11-20(33)5-10-25(18)38/h1-14,38H,15-16H2,(H,35,40). The minimum absolute atomic E-state index is 0.0482. The van der Waals surface area contributed by atoms with Crippen molar-refractivity contribution >= 4 is 128 Å². The maximum Gasteiger partial charge on any atom is 0.234 e. The third-order valence-corrected chi connectivity index (χ3v) is 11.5. The number of aliphatic imine (C=N–C) groups is 1. The first-order valence-electron chi connectivity index (χ1n) is 13.0. The minimum Gasteiger partial charge on any atom is -0.507 e. The maximum absolute atomic E-state index is 12.7. The molecule has 0 fully saturated rings. The zero-order valence-corrected chi connectivity index (χ0v) is 28.9. The molecule has 44 heavy (non-hydrogen) atoms. The number of thiazole rings is 2. The highest BCUT2D eigenvalue weighted by molar-refractivity contribution is 9.10. The highest BCUT2D eigenvalue weighted by Gasteiger charge is 2.13. The van der Waals surface area contributed by atoms with Crippen LogP contribution < -0.4 is 5.32 Å². The summed E-state index contributed by atoms with van der Waals surface area (Å²) in [5.74, 6) is 0.593. The molecule has 0 atom stereocenters. The zero-order chi connectivity index (χ0) is 30.6. The molecule has 2 N–H and O–H groups in total. The van der Waals surface area contributed by atoms with Gasteiger partial charge < -0.3 is 10.4 Å². The SMILES string of the molecule is O=C(CSc1nc2ccc(N=Cc3cc(Br)ccc3O)cc2s1)Nc1ccc2nc(SCC(=O)c3ccc(Br)cc3)sc2c1. The molecule has 0 aliphatic rings. The van der Waals surface area contributed by atoms with Crippen LogP contribution in [0.2, 0.25) is 0 Å². The lowest BCUT2D eigenvalue weighted by molar-refractivity contribution is -0.113. The molecule has 6 aromatic rings. The van der Waals surface area contributed by atoms with Gasteiger partial charge in [-0.25, -0.2) is 9.97 Å². The highest BCUT2D eigenvalue weighted by Crippen LogP contribution is 2.34. The molecule has 6 rings (SSSR count). The van der Waals surface area contributed by atoms with E-state index in [0.29, 0.717) is 22.6 Å². The lowest BCUT2D eigenvalue weighted by atomic mass is 10.2. The van der Waals surface area contributed by atoms with Crippen LogP contribution in [-0.4, -0.2) is 44.5 Å². The topological polar surface area (TPSA) is 105 Å². The molecule has 0 bridgehead atoms. The van der Waals surface area contributed by atoms with E-state index in [1.807, 2.05) is 60.7 Å². The Bertz CT molecular complexity index is 2040. The Morgan fingerprint density at radius 3 is 2.23 bits per heavy atom. The van der Waals surface area contributed by atoms with Crippen molar-refractivity contribution in [2.24, 2.45) is 4.99 Å². The van der Waals surface area contributed by atoms with Gasteiger partial charge >= 0.3 is 0 Å². The van der Waals surface area contributed by atoms with Crippen molar-refractivity contribution in [3.05, 3.63) is 98.9 Å². The van der Waals surface area contributed by atoms with Crippen LogP contribution in [0.25, 0.3) is 20.4 Å². The number of amides is 1. The van der Waals surface area contributed by atoms with Crippen LogP contribution in [0.3, 0.4) is 0 Å². The molecule has 4 aromatic carbocycles. The van der Waals surface area contributed by atoms with Gasteiger partial charge in [-0.1, -0.05) is 67.5 Å². The molecule has 0 radical (unpaired) electrons. The molecule has 0 unspecified atom stereocenters. The summed E-state index contributed by atoms with van der Waals surface area (Å²) in [7, 11) is 0. The van der Waals surface area contributed by atoms with Crippen LogP contribution in [0.15, 0.2) is 101 Å². The van der Waals surface area contributed by atoms with Crippen molar-refractivity contribution in [1.82, 2.24) is 9.97 Å². The molecule has 0 spiro atoms. The number of fused-ring (bicyclic) bond motifs is 2. The lowest BCUT2D eigenvalue weighted by Crippen LogP contribution is -2.13. The Morgan fingerprint density at radius 2 is 1.48 bits per heavy atom. The molecule has 2 aromatic heterocycles. The van der Waals surface area contributed by atoms with Gasteiger partial charge in [0, 0.05) is 32.0 Å². The number of rotatable bonds is 10. The van der Waals surface area contributed by atoms with E-state index < -0.39 is 0 Å². The molecule has 0 aliphatic heterocycles. The van der Waals surface area contributed by atoms with Crippen LogP contribution in [0.4, 0.5) is 11.4 Å². The first-order valence-corrected chi connectivity index (χ1v) is 18.2. The molecular weight excluding hydrogens is 764 g/mol. The number of thioether (sulfide) groups is 2. The Balaban J connectivity index is 1.04. The first-order chi connectivity index (χ1) is 21.3. The van der Waals surface area contributed by atoms with E-state index in [4.69, 9.17) is 0 Å². The molecule has 13 heteroatoms. The van der Waals surface area contributed by atoms with Gasteiger partial charge in [0.05, 0.1) is 37.6 Å². The maximum atomic E-state index is 12.7. The highest BCUT2D eigenvalue weighted by atomic mass is 79.9. The summed E-state index contributed by atoms with van der Waals surface area (Å²) in [5, 5.41) is 13.0. The number of anilines is 1. The molecule has 1 amide bonds. The largest absolute Gasteiger partial charge is 0.507 e. The number of carbonyl (C=O) groups excluding carboxylic acids is 2. The summed E-state index contributed by atoms with van der Waals surface area (Å²) in [5.41, 5.74) is 4.38. The number of phenols is 1. The van der Waals surface area contributed by atoms with Crippen LogP contribution >= 0.6 is 78.1 Å². The van der Waals surface area contributed by atoms with E-state index in [1.54, 1.807) is 24.4 Å². The second kappa shape index (κ2) is 13.9. The third-order valence-electron chi connectivity index (χ3n) is 6.17. The number of hydrogen-bond donors (Lipinski definition) is 2. The van der Waals surface area contributed by atoms with Gasteiger partial charge in [-0.15, -0.1) is 22.7 Å². The Morgan fingerprint density at radius 1 is 0.818 bits per heavy atom. The summed E-state index contributed by atoms with van der Waals surface area (Å²) in [4.78, 5) is 39.0. The van der Waals surface area contributed by atoms with E-state index >= 15 is 0 Å². The number of ketones is 1. The number of carbonyl (C=O) groups is 2. The van der Waals surface area contributed by atoms with Crippen molar-refractivity contribution in [3.63, 3.8) is 0 Å². The number of benzene rings is 4. The van der Waals surface area contributed by atoms with Gasteiger partial charge in [-0.05, 0) is 66.7 Å². The van der Waals surface area contributed by atoms with E-state index in [-0.39, 0.29) is 23.2 Å². The van der Waals surface area contributed by atoms with Gasteiger partial charge in [0.2, 0.25) is 5.91 Å². The van der Waals surface area contributed by atoms with Gasteiger partial charge in [-0.2, -0.15) is 0 Å². The monoisotopic (exact) mass is 782 g/mol. The van der Waals surface area contributed by atoms with Gasteiger partial charge in [0.15, 0.2) is 14.5 Å². The third kappa shape index (κ3) is 7.76. The van der Waals surface area contributed by atoms with Crippen molar-refractivity contribution in [3.8, 4) is 5.75 Å². The lowest BCUT2D eigenvalue weighted by Gasteiger charge is -2.03. The average molecular weight is 785 g/mol.